The van der Waals surface area contributed by atoms with Gasteiger partial charge in [0.15, 0.2) is 0 Å². The molecule has 0 unspecified atom stereocenters. The van der Waals surface area contributed by atoms with Crippen molar-refractivity contribution in [3.05, 3.63) is 81.5 Å². The average molecular weight is 415 g/mol. The number of amides is 1. The first-order chi connectivity index (χ1) is 13.3. The number of thiophene rings is 1. The Kier molecular flexibility index (Phi) is 6.16. The number of carbonyl (C=O) groups excluding carboxylic acids is 1. The van der Waals surface area contributed by atoms with Crippen LogP contribution >= 0.6 is 11.3 Å². The largest absolute Gasteiger partial charge is 0.352 e. The summed E-state index contributed by atoms with van der Waals surface area (Å²) in [6, 6.07) is 15.7. The molecule has 1 heterocycles. The minimum atomic E-state index is -3.78. The van der Waals surface area contributed by atoms with Gasteiger partial charge in [-0.05, 0) is 61.5 Å². The van der Waals surface area contributed by atoms with Crippen molar-refractivity contribution in [3.8, 4) is 0 Å². The van der Waals surface area contributed by atoms with Gasteiger partial charge in [-0.15, -0.1) is 11.3 Å². The van der Waals surface area contributed by atoms with Gasteiger partial charge in [-0.2, -0.15) is 0 Å². The van der Waals surface area contributed by atoms with Gasteiger partial charge in [-0.1, -0.05) is 29.8 Å². The number of carbonyl (C=O) groups is 1. The van der Waals surface area contributed by atoms with Gasteiger partial charge >= 0.3 is 0 Å². The Labute approximate surface area is 169 Å². The van der Waals surface area contributed by atoms with E-state index in [0.29, 0.717) is 17.8 Å². The molecule has 1 amide bonds. The Bertz CT molecular complexity index is 1060. The molecule has 0 saturated carbocycles. The molecule has 28 heavy (non-hydrogen) atoms. The van der Waals surface area contributed by atoms with Crippen molar-refractivity contribution in [2.45, 2.75) is 25.2 Å². The van der Waals surface area contributed by atoms with Crippen molar-refractivity contribution < 1.29 is 13.2 Å². The van der Waals surface area contributed by atoms with Crippen molar-refractivity contribution in [1.82, 2.24) is 5.32 Å². The molecule has 146 valence electrons. The molecule has 2 N–H and O–H groups in total. The number of rotatable bonds is 7. The molecule has 3 rings (SSSR count). The van der Waals surface area contributed by atoms with E-state index < -0.39 is 10.0 Å². The van der Waals surface area contributed by atoms with Crippen molar-refractivity contribution in [3.63, 3.8) is 0 Å². The monoisotopic (exact) mass is 414 g/mol. The van der Waals surface area contributed by atoms with Crippen molar-refractivity contribution in [1.29, 1.82) is 0 Å². The van der Waals surface area contributed by atoms with E-state index in [0.717, 1.165) is 17.5 Å². The highest BCUT2D eigenvalue weighted by Gasteiger charge is 2.18. The highest BCUT2D eigenvalue weighted by Crippen LogP contribution is 2.20. The SMILES string of the molecule is Cc1ccc(NS(=O)(=O)c2ccc(C)c(C(=O)NCCc3cccs3)c2)cc1. The van der Waals surface area contributed by atoms with Crippen molar-refractivity contribution in [2.24, 2.45) is 0 Å². The Hall–Kier alpha value is -2.64. The smallest absolute Gasteiger partial charge is 0.261 e. The maximum atomic E-state index is 12.7. The quantitative estimate of drug-likeness (QED) is 0.610. The normalized spacial score (nSPS) is 11.2. The first-order valence-corrected chi connectivity index (χ1v) is 11.2. The molecule has 0 spiro atoms. The van der Waals surface area contributed by atoms with E-state index in [1.54, 1.807) is 36.5 Å². The lowest BCUT2D eigenvalue weighted by molar-refractivity contribution is 0.0953. The number of sulfonamides is 1. The zero-order valence-corrected chi connectivity index (χ0v) is 17.4. The number of benzene rings is 2. The molecule has 0 aliphatic rings. The number of nitrogens with one attached hydrogen (secondary N) is 2. The molecule has 2 aromatic carbocycles. The van der Waals surface area contributed by atoms with Crippen LogP contribution in [0.5, 0.6) is 0 Å². The predicted octanol–water partition coefficient (Wildman–Crippen LogP) is 4.14. The second-order valence-corrected chi connectivity index (χ2v) is 9.25. The fraction of sp³-hybridized carbons (Fsp3) is 0.190. The molecular formula is C21H22N2O3S2. The van der Waals surface area contributed by atoms with Crippen LogP contribution in [-0.4, -0.2) is 20.9 Å². The third-order valence-electron chi connectivity index (χ3n) is 4.30. The molecule has 0 aliphatic carbocycles. The first kappa shape index (κ1) is 20.1. The fourth-order valence-electron chi connectivity index (χ4n) is 2.70. The minimum absolute atomic E-state index is 0.0575. The molecule has 1 aromatic heterocycles. The average Bonchev–Trinajstić information content (AvgIpc) is 3.17. The van der Waals surface area contributed by atoms with E-state index in [2.05, 4.69) is 10.0 Å². The van der Waals surface area contributed by atoms with Crippen LogP contribution in [0.15, 0.2) is 64.9 Å². The van der Waals surface area contributed by atoms with Crippen LogP contribution < -0.4 is 10.0 Å². The predicted molar refractivity (Wildman–Crippen MR) is 114 cm³/mol. The van der Waals surface area contributed by atoms with Crippen LogP contribution in [0, 0.1) is 13.8 Å². The highest BCUT2D eigenvalue weighted by atomic mass is 32.2. The van der Waals surface area contributed by atoms with E-state index in [9.17, 15) is 13.2 Å². The van der Waals surface area contributed by atoms with E-state index in [-0.39, 0.29) is 10.8 Å². The Morgan fingerprint density at radius 3 is 2.46 bits per heavy atom. The second kappa shape index (κ2) is 8.58. The summed E-state index contributed by atoms with van der Waals surface area (Å²) < 4.78 is 28.0. The van der Waals surface area contributed by atoms with Crippen LogP contribution in [0.4, 0.5) is 5.69 Å². The number of hydrogen-bond donors (Lipinski definition) is 2. The van der Waals surface area contributed by atoms with Crippen molar-refractivity contribution in [2.75, 3.05) is 11.3 Å². The summed E-state index contributed by atoms with van der Waals surface area (Å²) in [6.07, 6.45) is 0.745. The summed E-state index contributed by atoms with van der Waals surface area (Å²) in [4.78, 5) is 13.8. The summed E-state index contributed by atoms with van der Waals surface area (Å²) in [5.74, 6) is -0.276. The maximum Gasteiger partial charge on any atom is 0.261 e. The third-order valence-corrected chi connectivity index (χ3v) is 6.62. The Morgan fingerprint density at radius 2 is 1.79 bits per heavy atom. The van der Waals surface area contributed by atoms with Crippen LogP contribution in [0.25, 0.3) is 0 Å². The lowest BCUT2D eigenvalue weighted by Gasteiger charge is -2.12. The molecule has 0 saturated heterocycles. The summed E-state index contributed by atoms with van der Waals surface area (Å²) in [6.45, 7) is 4.22. The molecular weight excluding hydrogens is 392 g/mol. The van der Waals surface area contributed by atoms with Gasteiger partial charge in [0.05, 0.1) is 4.90 Å². The van der Waals surface area contributed by atoms with Crippen LogP contribution in [0.1, 0.15) is 26.4 Å². The van der Waals surface area contributed by atoms with Gasteiger partial charge in [0, 0.05) is 22.7 Å². The van der Waals surface area contributed by atoms with Crippen LogP contribution in [0.3, 0.4) is 0 Å². The summed E-state index contributed by atoms with van der Waals surface area (Å²) >= 11 is 1.64. The van der Waals surface area contributed by atoms with Crippen LogP contribution in [0.2, 0.25) is 0 Å². The molecule has 0 fully saturated rings. The zero-order valence-electron chi connectivity index (χ0n) is 15.7. The Morgan fingerprint density at radius 1 is 1.04 bits per heavy atom. The number of hydrogen-bond acceptors (Lipinski definition) is 4. The highest BCUT2D eigenvalue weighted by molar-refractivity contribution is 7.92. The van der Waals surface area contributed by atoms with Gasteiger partial charge < -0.3 is 5.32 Å². The number of anilines is 1. The topological polar surface area (TPSA) is 75.3 Å². The van der Waals surface area contributed by atoms with Gasteiger partial charge in [0.2, 0.25) is 0 Å². The summed E-state index contributed by atoms with van der Waals surface area (Å²) in [5, 5.41) is 4.86. The van der Waals surface area contributed by atoms with Crippen LogP contribution in [-0.2, 0) is 16.4 Å². The second-order valence-electron chi connectivity index (χ2n) is 6.53. The molecule has 5 nitrogen and oxygen atoms in total. The molecule has 0 radical (unpaired) electrons. The van der Waals surface area contributed by atoms with Gasteiger partial charge in [-0.25, -0.2) is 8.42 Å². The molecule has 7 heteroatoms. The van der Waals surface area contributed by atoms with Gasteiger partial charge in [0.1, 0.15) is 0 Å². The van der Waals surface area contributed by atoms with Gasteiger partial charge in [-0.3, -0.25) is 9.52 Å². The lowest BCUT2D eigenvalue weighted by Crippen LogP contribution is -2.26. The standard InChI is InChI=1S/C21H22N2O3S2/c1-15-5-8-17(9-6-15)23-28(25,26)19-10-7-16(2)20(14-19)21(24)22-12-11-18-4-3-13-27-18/h3-10,13-14,23H,11-12H2,1-2H3,(H,22,24). The molecule has 0 atom stereocenters. The van der Waals surface area contributed by atoms with E-state index in [1.807, 2.05) is 36.6 Å². The number of aryl methyl sites for hydroxylation is 2. The first-order valence-electron chi connectivity index (χ1n) is 8.86. The maximum absolute atomic E-state index is 12.7. The fourth-order valence-corrected chi connectivity index (χ4v) is 4.49. The Balaban J connectivity index is 1.74. The summed E-state index contributed by atoms with van der Waals surface area (Å²) in [5.41, 5.74) is 2.61. The van der Waals surface area contributed by atoms with E-state index in [1.165, 1.54) is 17.0 Å². The molecule has 3 aromatic rings. The molecule has 0 aliphatic heterocycles. The molecule has 0 bridgehead atoms. The lowest BCUT2D eigenvalue weighted by atomic mass is 10.1. The minimum Gasteiger partial charge on any atom is -0.352 e. The van der Waals surface area contributed by atoms with E-state index in [4.69, 9.17) is 0 Å². The zero-order chi connectivity index (χ0) is 20.1. The third kappa shape index (κ3) is 4.99. The van der Waals surface area contributed by atoms with Crippen molar-refractivity contribution >= 4 is 33.0 Å². The van der Waals surface area contributed by atoms with Gasteiger partial charge in [0.25, 0.3) is 15.9 Å². The summed E-state index contributed by atoms with van der Waals surface area (Å²) in [7, 11) is -3.78. The van der Waals surface area contributed by atoms with E-state index >= 15 is 0 Å².